The van der Waals surface area contributed by atoms with Gasteiger partial charge in [-0.3, -0.25) is 9.59 Å². The standard InChI is InChI=1S/C20H20FNO5S/c1-22(17-10-11-28(25,26)13-17)19(23)12-27-18-8-4-15(5-9-18)20(24)14-2-6-16(21)7-3-14/h2-9,17H,10-13H2,1H3. The summed E-state index contributed by atoms with van der Waals surface area (Å²) in [6.45, 7) is -0.224. The first-order valence-corrected chi connectivity index (χ1v) is 10.6. The van der Waals surface area contributed by atoms with Crippen LogP contribution >= 0.6 is 0 Å². The Morgan fingerprint density at radius 1 is 1.07 bits per heavy atom. The molecule has 1 aliphatic heterocycles. The lowest BCUT2D eigenvalue weighted by Gasteiger charge is -2.23. The number of nitrogens with zero attached hydrogens (tertiary/aromatic N) is 1. The van der Waals surface area contributed by atoms with Gasteiger partial charge in [-0.15, -0.1) is 0 Å². The molecule has 1 unspecified atom stereocenters. The Hall–Kier alpha value is -2.74. The maximum Gasteiger partial charge on any atom is 0.260 e. The van der Waals surface area contributed by atoms with Gasteiger partial charge in [0.05, 0.1) is 11.5 Å². The molecule has 6 nitrogen and oxygen atoms in total. The van der Waals surface area contributed by atoms with Crippen molar-refractivity contribution in [1.29, 1.82) is 0 Å². The fourth-order valence-corrected chi connectivity index (χ4v) is 4.78. The van der Waals surface area contributed by atoms with Crippen LogP contribution in [0.4, 0.5) is 4.39 Å². The molecule has 0 N–H and O–H groups in total. The summed E-state index contributed by atoms with van der Waals surface area (Å²) in [5.41, 5.74) is 0.789. The number of carbonyl (C=O) groups excluding carboxylic acids is 2. The van der Waals surface area contributed by atoms with E-state index in [4.69, 9.17) is 4.74 Å². The second-order valence-electron chi connectivity index (χ2n) is 6.71. The van der Waals surface area contributed by atoms with Gasteiger partial charge < -0.3 is 9.64 Å². The Kier molecular flexibility index (Phi) is 5.79. The number of carbonyl (C=O) groups is 2. The van der Waals surface area contributed by atoms with E-state index in [1.165, 1.54) is 29.2 Å². The molecule has 0 spiro atoms. The fraction of sp³-hybridized carbons (Fsp3) is 0.300. The van der Waals surface area contributed by atoms with Crippen molar-refractivity contribution in [2.24, 2.45) is 0 Å². The monoisotopic (exact) mass is 405 g/mol. The third-order valence-electron chi connectivity index (χ3n) is 4.73. The van der Waals surface area contributed by atoms with Crippen molar-refractivity contribution in [3.05, 3.63) is 65.5 Å². The van der Waals surface area contributed by atoms with Crippen LogP contribution in [0.1, 0.15) is 22.3 Å². The zero-order valence-corrected chi connectivity index (χ0v) is 16.1. The van der Waals surface area contributed by atoms with E-state index in [-0.39, 0.29) is 35.8 Å². The van der Waals surface area contributed by atoms with Crippen LogP contribution in [0.25, 0.3) is 0 Å². The molecule has 0 aromatic heterocycles. The van der Waals surface area contributed by atoms with Crippen LogP contribution in [0.2, 0.25) is 0 Å². The van der Waals surface area contributed by atoms with Crippen LogP contribution < -0.4 is 4.74 Å². The van der Waals surface area contributed by atoms with Crippen molar-refractivity contribution < 1.29 is 27.1 Å². The zero-order chi connectivity index (χ0) is 20.3. The van der Waals surface area contributed by atoms with Crippen molar-refractivity contribution in [2.75, 3.05) is 25.2 Å². The van der Waals surface area contributed by atoms with Gasteiger partial charge in [0.25, 0.3) is 5.91 Å². The summed E-state index contributed by atoms with van der Waals surface area (Å²) in [5, 5.41) is 0. The van der Waals surface area contributed by atoms with Crippen molar-refractivity contribution in [3.8, 4) is 5.75 Å². The highest BCUT2D eigenvalue weighted by Crippen LogP contribution is 2.18. The highest BCUT2D eigenvalue weighted by atomic mass is 32.2. The van der Waals surface area contributed by atoms with Crippen molar-refractivity contribution in [2.45, 2.75) is 12.5 Å². The Morgan fingerprint density at radius 2 is 1.64 bits per heavy atom. The average Bonchev–Trinajstić information content (AvgIpc) is 3.05. The molecule has 28 heavy (non-hydrogen) atoms. The van der Waals surface area contributed by atoms with Gasteiger partial charge in [-0.2, -0.15) is 0 Å². The lowest BCUT2D eigenvalue weighted by atomic mass is 10.0. The quantitative estimate of drug-likeness (QED) is 0.688. The molecular weight excluding hydrogens is 385 g/mol. The van der Waals surface area contributed by atoms with Crippen LogP contribution in [0.5, 0.6) is 5.75 Å². The van der Waals surface area contributed by atoms with Gasteiger partial charge in [-0.05, 0) is 55.0 Å². The molecule has 0 saturated carbocycles. The molecule has 1 aliphatic rings. The molecule has 148 valence electrons. The SMILES string of the molecule is CN(C(=O)COc1ccc(C(=O)c2ccc(F)cc2)cc1)C1CCS(=O)(=O)C1. The number of hydrogen-bond donors (Lipinski definition) is 0. The lowest BCUT2D eigenvalue weighted by Crippen LogP contribution is -2.40. The Morgan fingerprint density at radius 3 is 2.18 bits per heavy atom. The minimum absolute atomic E-state index is 0.0184. The van der Waals surface area contributed by atoms with E-state index in [9.17, 15) is 22.4 Å². The average molecular weight is 405 g/mol. The van der Waals surface area contributed by atoms with E-state index in [2.05, 4.69) is 0 Å². The summed E-state index contributed by atoms with van der Waals surface area (Å²) in [4.78, 5) is 26.0. The van der Waals surface area contributed by atoms with Gasteiger partial charge in [0.2, 0.25) is 0 Å². The molecule has 1 fully saturated rings. The Bertz CT molecular complexity index is 971. The van der Waals surface area contributed by atoms with Gasteiger partial charge >= 0.3 is 0 Å². The van der Waals surface area contributed by atoms with E-state index < -0.39 is 15.7 Å². The van der Waals surface area contributed by atoms with Crippen LogP contribution in [-0.2, 0) is 14.6 Å². The Balaban J connectivity index is 1.56. The topological polar surface area (TPSA) is 80.8 Å². The summed E-state index contributed by atoms with van der Waals surface area (Å²) in [6.07, 6.45) is 0.435. The predicted octanol–water partition coefficient (Wildman–Crippen LogP) is 2.08. The summed E-state index contributed by atoms with van der Waals surface area (Å²) in [7, 11) is -1.50. The Labute approximate surface area is 162 Å². The highest BCUT2D eigenvalue weighted by molar-refractivity contribution is 7.91. The zero-order valence-electron chi connectivity index (χ0n) is 15.3. The van der Waals surface area contributed by atoms with Gasteiger partial charge in [-0.1, -0.05) is 0 Å². The van der Waals surface area contributed by atoms with E-state index >= 15 is 0 Å². The van der Waals surface area contributed by atoms with E-state index in [1.807, 2.05) is 0 Å². The number of hydrogen-bond acceptors (Lipinski definition) is 5. The van der Waals surface area contributed by atoms with E-state index in [1.54, 1.807) is 31.3 Å². The van der Waals surface area contributed by atoms with Gasteiger partial charge in [0.15, 0.2) is 22.2 Å². The van der Waals surface area contributed by atoms with E-state index in [0.717, 1.165) is 0 Å². The third-order valence-corrected chi connectivity index (χ3v) is 6.49. The smallest absolute Gasteiger partial charge is 0.260 e. The first-order valence-electron chi connectivity index (χ1n) is 8.74. The van der Waals surface area contributed by atoms with Crippen LogP contribution in [0, 0.1) is 5.82 Å². The maximum atomic E-state index is 13.0. The minimum Gasteiger partial charge on any atom is -0.484 e. The van der Waals surface area contributed by atoms with Gasteiger partial charge in [0.1, 0.15) is 11.6 Å². The van der Waals surface area contributed by atoms with Crippen molar-refractivity contribution in [3.63, 3.8) is 0 Å². The number of sulfone groups is 1. The first kappa shape index (κ1) is 20.0. The molecule has 0 radical (unpaired) electrons. The largest absolute Gasteiger partial charge is 0.484 e. The molecule has 1 heterocycles. The second kappa shape index (κ2) is 8.10. The number of benzene rings is 2. The second-order valence-corrected chi connectivity index (χ2v) is 8.94. The lowest BCUT2D eigenvalue weighted by molar-refractivity contribution is -0.133. The molecule has 1 saturated heterocycles. The maximum absolute atomic E-state index is 13.0. The molecule has 0 bridgehead atoms. The van der Waals surface area contributed by atoms with E-state index in [0.29, 0.717) is 23.3 Å². The minimum atomic E-state index is -3.07. The number of ketones is 1. The van der Waals surface area contributed by atoms with Gasteiger partial charge in [-0.25, -0.2) is 12.8 Å². The number of halogens is 1. The van der Waals surface area contributed by atoms with Crippen LogP contribution in [0.3, 0.4) is 0 Å². The molecule has 1 amide bonds. The predicted molar refractivity (Wildman–Crippen MR) is 102 cm³/mol. The normalized spacial score (nSPS) is 17.9. The summed E-state index contributed by atoms with van der Waals surface area (Å²) >= 11 is 0. The first-order chi connectivity index (χ1) is 13.2. The molecule has 0 aliphatic carbocycles. The van der Waals surface area contributed by atoms with Gasteiger partial charge in [0, 0.05) is 24.2 Å². The van der Waals surface area contributed by atoms with Crippen LogP contribution in [0.15, 0.2) is 48.5 Å². The summed E-state index contributed by atoms with van der Waals surface area (Å²) < 4.78 is 41.5. The fourth-order valence-electron chi connectivity index (χ4n) is 3.00. The van der Waals surface area contributed by atoms with Crippen molar-refractivity contribution in [1.82, 2.24) is 4.90 Å². The summed E-state index contributed by atoms with van der Waals surface area (Å²) in [5.74, 6) is -0.477. The van der Waals surface area contributed by atoms with Crippen LogP contribution in [-0.4, -0.2) is 56.2 Å². The number of amides is 1. The molecule has 2 aromatic rings. The van der Waals surface area contributed by atoms with Crippen molar-refractivity contribution >= 4 is 21.5 Å². The highest BCUT2D eigenvalue weighted by Gasteiger charge is 2.32. The molecule has 8 heteroatoms. The molecule has 3 rings (SSSR count). The molecular formula is C20H20FNO5S. The molecule has 2 aromatic carbocycles. The number of likely N-dealkylation sites (N-methyl/N-ethyl adjacent to an activating group) is 1. The number of ether oxygens (including phenoxy) is 1. The molecule has 1 atom stereocenters. The third kappa shape index (κ3) is 4.75. The summed E-state index contributed by atoms with van der Waals surface area (Å²) in [6, 6.07) is 11.2. The number of rotatable bonds is 6.